The van der Waals surface area contributed by atoms with E-state index in [4.69, 9.17) is 9.47 Å². The van der Waals surface area contributed by atoms with E-state index in [1.54, 1.807) is 18.3 Å². The summed E-state index contributed by atoms with van der Waals surface area (Å²) in [7, 11) is 1.53. The summed E-state index contributed by atoms with van der Waals surface area (Å²) in [6.45, 7) is 0.0210. The van der Waals surface area contributed by atoms with Gasteiger partial charge in [-0.05, 0) is 35.9 Å². The predicted octanol–water partition coefficient (Wildman–Crippen LogP) is 3.28. The number of para-hydroxylation sites is 1. The van der Waals surface area contributed by atoms with Crippen molar-refractivity contribution in [1.29, 1.82) is 0 Å². The quantitative estimate of drug-likeness (QED) is 0.372. The summed E-state index contributed by atoms with van der Waals surface area (Å²) < 4.78 is 12.3. The highest BCUT2D eigenvalue weighted by Gasteiger charge is 2.10. The first-order valence-corrected chi connectivity index (χ1v) is 7.97. The minimum atomic E-state index is -0.512. The molecule has 0 aliphatic carbocycles. The molecule has 0 bridgehead atoms. The Balaban J connectivity index is 1.63. The Hall–Kier alpha value is -3.88. The summed E-state index contributed by atoms with van der Waals surface area (Å²) in [5, 5.41) is 18.7. The first kappa shape index (κ1) is 17.9. The Morgan fingerprint density at radius 2 is 2.07 bits per heavy atom. The number of nitro groups is 1. The smallest absolute Gasteiger partial charge is 0.307 e. The molecule has 0 aliphatic rings. The molecule has 0 fully saturated rings. The Kier molecular flexibility index (Phi) is 5.63. The molecule has 0 amide bonds. The molecular weight excluding hydrogens is 350 g/mol. The first-order valence-electron chi connectivity index (χ1n) is 7.97. The number of nitrogens with one attached hydrogen (secondary N) is 1. The molecule has 0 unspecified atom stereocenters. The number of benzene rings is 2. The van der Waals surface area contributed by atoms with Gasteiger partial charge in [-0.1, -0.05) is 18.2 Å². The maximum atomic E-state index is 10.7. The fraction of sp³-hybridized carbons (Fsp3) is 0.111. The molecular formula is C18H17N5O4. The normalized spacial score (nSPS) is 10.7. The Morgan fingerprint density at radius 1 is 1.26 bits per heavy atom. The van der Waals surface area contributed by atoms with E-state index >= 15 is 0 Å². The van der Waals surface area contributed by atoms with E-state index in [2.05, 4.69) is 15.6 Å². The Morgan fingerprint density at radius 3 is 2.78 bits per heavy atom. The van der Waals surface area contributed by atoms with Gasteiger partial charge in [0.2, 0.25) is 0 Å². The minimum absolute atomic E-state index is 0.0210. The number of rotatable bonds is 8. The molecule has 0 radical (unpaired) electrons. The third-order valence-corrected chi connectivity index (χ3v) is 3.55. The number of nitrogens with zero attached hydrogens (tertiary/aromatic N) is 4. The highest BCUT2D eigenvalue weighted by molar-refractivity contribution is 5.81. The summed E-state index contributed by atoms with van der Waals surface area (Å²) in [4.78, 5) is 10.2. The average Bonchev–Trinajstić information content (AvgIpc) is 3.17. The van der Waals surface area contributed by atoms with E-state index in [0.29, 0.717) is 11.5 Å². The van der Waals surface area contributed by atoms with Crippen LogP contribution in [0, 0.1) is 10.1 Å². The average molecular weight is 367 g/mol. The number of hydrazone groups is 1. The van der Waals surface area contributed by atoms with Gasteiger partial charge in [0.25, 0.3) is 0 Å². The van der Waals surface area contributed by atoms with Crippen LogP contribution in [0.25, 0.3) is 0 Å². The number of ether oxygens (including phenoxy) is 2. The third kappa shape index (κ3) is 4.82. The molecule has 0 spiro atoms. The van der Waals surface area contributed by atoms with E-state index < -0.39 is 4.92 Å². The van der Waals surface area contributed by atoms with Crippen molar-refractivity contribution in [2.75, 3.05) is 12.5 Å². The summed E-state index contributed by atoms with van der Waals surface area (Å²) in [6.07, 6.45) is 4.12. The largest absolute Gasteiger partial charge is 0.493 e. The fourth-order valence-corrected chi connectivity index (χ4v) is 2.23. The van der Waals surface area contributed by atoms with Crippen molar-refractivity contribution in [2.24, 2.45) is 5.10 Å². The van der Waals surface area contributed by atoms with E-state index in [0.717, 1.165) is 11.3 Å². The van der Waals surface area contributed by atoms with Crippen molar-refractivity contribution in [3.63, 3.8) is 0 Å². The highest BCUT2D eigenvalue weighted by Crippen LogP contribution is 2.28. The molecule has 0 saturated carbocycles. The fourth-order valence-electron chi connectivity index (χ4n) is 2.23. The van der Waals surface area contributed by atoms with E-state index in [1.165, 1.54) is 24.2 Å². The second kappa shape index (κ2) is 8.48. The van der Waals surface area contributed by atoms with Crippen LogP contribution in [0.1, 0.15) is 5.56 Å². The van der Waals surface area contributed by atoms with Crippen LogP contribution in [0.15, 0.2) is 66.0 Å². The van der Waals surface area contributed by atoms with Crippen molar-refractivity contribution in [1.82, 2.24) is 9.78 Å². The van der Waals surface area contributed by atoms with Gasteiger partial charge in [0.1, 0.15) is 12.4 Å². The topological polar surface area (TPSA) is 104 Å². The molecule has 1 heterocycles. The van der Waals surface area contributed by atoms with Gasteiger partial charge in [0, 0.05) is 0 Å². The second-order valence-electron chi connectivity index (χ2n) is 5.41. The number of hydrogen-bond donors (Lipinski definition) is 1. The number of anilines is 1. The van der Waals surface area contributed by atoms with Gasteiger partial charge in [0.15, 0.2) is 18.2 Å². The molecule has 27 heavy (non-hydrogen) atoms. The van der Waals surface area contributed by atoms with Gasteiger partial charge in [-0.3, -0.25) is 15.5 Å². The molecule has 3 aromatic rings. The third-order valence-electron chi connectivity index (χ3n) is 3.55. The standard InChI is InChI=1S/C18H17N5O4/c1-26-18-9-14(10-19-21-15-5-3-2-4-6-15)7-8-17(18)27-13-22-12-16(11-20-22)23(24)25/h2-12,21H,13H2,1H3. The SMILES string of the molecule is COc1cc(C=NNc2ccccc2)ccc1OCn1cc([N+](=O)[O-])cn1. The molecule has 0 aliphatic heterocycles. The molecule has 0 atom stereocenters. The van der Waals surface area contributed by atoms with Crippen molar-refractivity contribution < 1.29 is 14.4 Å². The molecule has 9 heteroatoms. The molecule has 9 nitrogen and oxygen atoms in total. The summed E-state index contributed by atoms with van der Waals surface area (Å²) >= 11 is 0. The number of methoxy groups -OCH3 is 1. The number of hydrogen-bond acceptors (Lipinski definition) is 7. The van der Waals surface area contributed by atoms with Gasteiger partial charge in [-0.15, -0.1) is 0 Å². The summed E-state index contributed by atoms with van der Waals surface area (Å²) in [6, 6.07) is 14.9. The molecule has 138 valence electrons. The van der Waals surface area contributed by atoms with Crippen LogP contribution in [-0.2, 0) is 6.73 Å². The number of aromatic nitrogens is 2. The zero-order valence-corrected chi connectivity index (χ0v) is 14.5. The van der Waals surface area contributed by atoms with Crippen LogP contribution in [-0.4, -0.2) is 28.0 Å². The maximum absolute atomic E-state index is 10.7. The Labute approximate surface area is 155 Å². The molecule has 3 rings (SSSR count). The lowest BCUT2D eigenvalue weighted by atomic mass is 10.2. The van der Waals surface area contributed by atoms with Crippen molar-refractivity contribution in [3.05, 3.63) is 76.6 Å². The van der Waals surface area contributed by atoms with Crippen LogP contribution < -0.4 is 14.9 Å². The molecule has 2 aromatic carbocycles. The monoisotopic (exact) mass is 367 g/mol. The lowest BCUT2D eigenvalue weighted by molar-refractivity contribution is -0.385. The maximum Gasteiger partial charge on any atom is 0.307 e. The first-order chi connectivity index (χ1) is 13.2. The van der Waals surface area contributed by atoms with E-state index in [9.17, 15) is 10.1 Å². The van der Waals surface area contributed by atoms with E-state index in [1.807, 2.05) is 36.4 Å². The molecule has 0 saturated heterocycles. The minimum Gasteiger partial charge on any atom is -0.493 e. The van der Waals surface area contributed by atoms with Crippen LogP contribution in [0.3, 0.4) is 0 Å². The van der Waals surface area contributed by atoms with Crippen LogP contribution in [0.2, 0.25) is 0 Å². The van der Waals surface area contributed by atoms with Gasteiger partial charge in [-0.2, -0.15) is 10.2 Å². The van der Waals surface area contributed by atoms with Gasteiger partial charge >= 0.3 is 5.69 Å². The van der Waals surface area contributed by atoms with Gasteiger partial charge < -0.3 is 9.47 Å². The van der Waals surface area contributed by atoms with Crippen molar-refractivity contribution in [3.8, 4) is 11.5 Å². The van der Waals surface area contributed by atoms with Crippen LogP contribution >= 0.6 is 0 Å². The lowest BCUT2D eigenvalue weighted by Crippen LogP contribution is -2.06. The van der Waals surface area contributed by atoms with Crippen molar-refractivity contribution in [2.45, 2.75) is 6.73 Å². The lowest BCUT2D eigenvalue weighted by Gasteiger charge is -2.11. The van der Waals surface area contributed by atoms with Crippen LogP contribution in [0.4, 0.5) is 11.4 Å². The zero-order valence-electron chi connectivity index (χ0n) is 14.5. The Bertz CT molecular complexity index is 940. The second-order valence-corrected chi connectivity index (χ2v) is 5.41. The summed E-state index contributed by atoms with van der Waals surface area (Å²) in [5.74, 6) is 1.00. The molecule has 1 aromatic heterocycles. The highest BCUT2D eigenvalue weighted by atomic mass is 16.6. The predicted molar refractivity (Wildman–Crippen MR) is 100 cm³/mol. The zero-order chi connectivity index (χ0) is 19.1. The summed E-state index contributed by atoms with van der Waals surface area (Å²) in [5.41, 5.74) is 4.54. The van der Waals surface area contributed by atoms with Crippen LogP contribution in [0.5, 0.6) is 11.5 Å². The van der Waals surface area contributed by atoms with Crippen molar-refractivity contribution >= 4 is 17.6 Å². The molecule has 1 N–H and O–H groups in total. The van der Waals surface area contributed by atoms with E-state index in [-0.39, 0.29) is 12.4 Å². The van der Waals surface area contributed by atoms with Gasteiger partial charge in [0.05, 0.1) is 23.9 Å². The van der Waals surface area contributed by atoms with Gasteiger partial charge in [-0.25, -0.2) is 4.68 Å².